The van der Waals surface area contributed by atoms with Gasteiger partial charge in [0, 0.05) is 10.5 Å². The fourth-order valence-electron chi connectivity index (χ4n) is 2.90. The summed E-state index contributed by atoms with van der Waals surface area (Å²) in [6.07, 6.45) is 2.05. The number of rotatable bonds is 2. The molecular weight excluding hydrogens is 270 g/mol. The molecule has 1 atom stereocenters. The second-order valence-corrected chi connectivity index (χ2v) is 5.38. The minimum absolute atomic E-state index is 0.330. The minimum Gasteiger partial charge on any atom is -0.480 e. The summed E-state index contributed by atoms with van der Waals surface area (Å²) in [5.74, 6) is -0.352. The molecule has 4 rings (SSSR count). The van der Waals surface area contributed by atoms with Crippen LogP contribution in [0.4, 0.5) is 5.69 Å². The van der Waals surface area contributed by atoms with Crippen LogP contribution in [0.1, 0.15) is 12.8 Å². The van der Waals surface area contributed by atoms with Crippen molar-refractivity contribution in [2.45, 2.75) is 24.9 Å². The van der Waals surface area contributed by atoms with Gasteiger partial charge in [0.15, 0.2) is 0 Å². The third-order valence-corrected chi connectivity index (χ3v) is 4.34. The van der Waals surface area contributed by atoms with Gasteiger partial charge < -0.3 is 10.0 Å². The maximum Gasteiger partial charge on any atom is 0.326 e. The van der Waals surface area contributed by atoms with Gasteiger partial charge in [0.05, 0.1) is 5.69 Å². The van der Waals surface area contributed by atoms with E-state index >= 15 is 0 Å². The number of carboxylic acid groups (broad SMARTS) is 1. The number of aliphatic carboxylic acids is 1. The highest BCUT2D eigenvalue weighted by atomic mass is 79.9. The van der Waals surface area contributed by atoms with Gasteiger partial charge >= 0.3 is 5.97 Å². The van der Waals surface area contributed by atoms with Gasteiger partial charge in [0.25, 0.3) is 0 Å². The van der Waals surface area contributed by atoms with Gasteiger partial charge in [-0.15, -0.1) is 0 Å². The number of carbonyl (C=O) groups is 1. The Morgan fingerprint density at radius 3 is 2.69 bits per heavy atom. The molecule has 0 spiro atoms. The molecule has 3 fully saturated rings. The Morgan fingerprint density at radius 2 is 2.06 bits per heavy atom. The largest absolute Gasteiger partial charge is 0.480 e. The van der Waals surface area contributed by atoms with Crippen molar-refractivity contribution in [2.24, 2.45) is 5.92 Å². The Labute approximate surface area is 102 Å². The standard InChI is InChI=1S/C12H12BrNO2/c13-9-3-1-2-4-10(9)14-8-5-7(6-8)11(14)12(15)16/h1-4,7-8,11H,5-6H2,(H,15,16). The van der Waals surface area contributed by atoms with E-state index in [0.717, 1.165) is 23.0 Å². The number of fused-ring (bicyclic) bond motifs is 1. The molecular formula is C12H12BrNO2. The van der Waals surface area contributed by atoms with Crippen molar-refractivity contribution in [1.29, 1.82) is 0 Å². The molecule has 1 aromatic carbocycles. The first-order valence-corrected chi connectivity index (χ1v) is 6.23. The second kappa shape index (κ2) is 3.48. The lowest BCUT2D eigenvalue weighted by atomic mass is 9.83. The molecule has 84 valence electrons. The van der Waals surface area contributed by atoms with Gasteiger partial charge in [-0.05, 0) is 46.8 Å². The third kappa shape index (κ3) is 1.29. The summed E-state index contributed by atoms with van der Waals surface area (Å²) >= 11 is 3.49. The van der Waals surface area contributed by atoms with E-state index in [4.69, 9.17) is 0 Å². The SMILES string of the molecule is O=C(O)C1C2CC(C2)N1c1ccccc1Br. The van der Waals surface area contributed by atoms with Gasteiger partial charge in [0.1, 0.15) is 6.04 Å². The van der Waals surface area contributed by atoms with Crippen molar-refractivity contribution in [3.63, 3.8) is 0 Å². The van der Waals surface area contributed by atoms with Crippen molar-refractivity contribution in [3.8, 4) is 0 Å². The molecule has 0 radical (unpaired) electrons. The number of benzene rings is 1. The fraction of sp³-hybridized carbons (Fsp3) is 0.417. The van der Waals surface area contributed by atoms with Crippen molar-refractivity contribution >= 4 is 27.6 Å². The Kier molecular flexibility index (Phi) is 2.21. The number of anilines is 1. The van der Waals surface area contributed by atoms with E-state index < -0.39 is 5.97 Å². The zero-order chi connectivity index (χ0) is 11.3. The average molecular weight is 282 g/mol. The van der Waals surface area contributed by atoms with Gasteiger partial charge in [-0.1, -0.05) is 12.1 Å². The van der Waals surface area contributed by atoms with Crippen LogP contribution in [0.3, 0.4) is 0 Å². The highest BCUT2D eigenvalue weighted by Gasteiger charge is 2.54. The molecule has 1 saturated carbocycles. The average Bonchev–Trinajstić information content (AvgIpc) is 2.71. The monoisotopic (exact) mass is 281 g/mol. The molecule has 1 unspecified atom stereocenters. The molecule has 0 aromatic heterocycles. The van der Waals surface area contributed by atoms with Crippen LogP contribution in [0.25, 0.3) is 0 Å². The summed E-state index contributed by atoms with van der Waals surface area (Å²) < 4.78 is 0.980. The number of para-hydroxylation sites is 1. The van der Waals surface area contributed by atoms with Crippen molar-refractivity contribution in [2.75, 3.05) is 4.90 Å². The van der Waals surface area contributed by atoms with Crippen molar-refractivity contribution in [3.05, 3.63) is 28.7 Å². The van der Waals surface area contributed by atoms with E-state index in [1.54, 1.807) is 0 Å². The third-order valence-electron chi connectivity index (χ3n) is 3.67. The second-order valence-electron chi connectivity index (χ2n) is 4.53. The Hall–Kier alpha value is -1.03. The summed E-state index contributed by atoms with van der Waals surface area (Å²) in [5.41, 5.74) is 1.01. The Balaban J connectivity index is 2.01. The highest BCUT2D eigenvalue weighted by molar-refractivity contribution is 9.10. The molecule has 2 aliphatic heterocycles. The lowest BCUT2D eigenvalue weighted by Gasteiger charge is -2.28. The molecule has 0 amide bonds. The lowest BCUT2D eigenvalue weighted by Crippen LogP contribution is -2.36. The molecule has 1 aliphatic carbocycles. The molecule has 1 aromatic rings. The normalized spacial score (nSPS) is 31.3. The van der Waals surface area contributed by atoms with Gasteiger partial charge in [0.2, 0.25) is 0 Å². The summed E-state index contributed by atoms with van der Waals surface area (Å²) in [6.45, 7) is 0. The molecule has 4 heteroatoms. The zero-order valence-electron chi connectivity index (χ0n) is 8.64. The summed E-state index contributed by atoms with van der Waals surface area (Å²) in [4.78, 5) is 13.3. The van der Waals surface area contributed by atoms with Crippen LogP contribution in [0, 0.1) is 5.92 Å². The van der Waals surface area contributed by atoms with E-state index in [9.17, 15) is 9.90 Å². The van der Waals surface area contributed by atoms with Crippen LogP contribution in [-0.4, -0.2) is 23.2 Å². The van der Waals surface area contributed by atoms with Crippen LogP contribution in [-0.2, 0) is 4.79 Å². The molecule has 2 saturated heterocycles. The van der Waals surface area contributed by atoms with E-state index in [1.807, 2.05) is 24.3 Å². The van der Waals surface area contributed by atoms with Crippen molar-refractivity contribution < 1.29 is 9.90 Å². The molecule has 2 heterocycles. The topological polar surface area (TPSA) is 40.5 Å². The summed E-state index contributed by atoms with van der Waals surface area (Å²) in [7, 11) is 0. The van der Waals surface area contributed by atoms with Crippen LogP contribution in [0.5, 0.6) is 0 Å². The number of halogens is 1. The van der Waals surface area contributed by atoms with Crippen LogP contribution in [0.2, 0.25) is 0 Å². The predicted octanol–water partition coefficient (Wildman–Crippen LogP) is 2.50. The first kappa shape index (κ1) is 10.1. The number of hydrogen-bond donors (Lipinski definition) is 1. The lowest BCUT2D eigenvalue weighted by molar-refractivity contribution is -0.139. The number of carboxylic acids is 1. The molecule has 3 nitrogen and oxygen atoms in total. The first-order chi connectivity index (χ1) is 7.68. The zero-order valence-corrected chi connectivity index (χ0v) is 10.2. The molecule has 16 heavy (non-hydrogen) atoms. The van der Waals surface area contributed by atoms with Gasteiger partial charge in [-0.25, -0.2) is 4.79 Å². The maximum atomic E-state index is 11.3. The van der Waals surface area contributed by atoms with Crippen LogP contribution >= 0.6 is 15.9 Å². The Morgan fingerprint density at radius 1 is 1.38 bits per heavy atom. The van der Waals surface area contributed by atoms with Crippen LogP contribution < -0.4 is 4.90 Å². The molecule has 2 bridgehead atoms. The summed E-state index contributed by atoms with van der Waals surface area (Å²) in [6, 6.07) is 7.94. The predicted molar refractivity (Wildman–Crippen MR) is 64.6 cm³/mol. The van der Waals surface area contributed by atoms with E-state index in [0.29, 0.717) is 12.0 Å². The van der Waals surface area contributed by atoms with Gasteiger partial charge in [-0.3, -0.25) is 0 Å². The molecule has 1 N–H and O–H groups in total. The van der Waals surface area contributed by atoms with E-state index in [-0.39, 0.29) is 6.04 Å². The number of hydrogen-bond acceptors (Lipinski definition) is 2. The Bertz CT molecular complexity index is 442. The quantitative estimate of drug-likeness (QED) is 0.906. The first-order valence-electron chi connectivity index (χ1n) is 5.44. The van der Waals surface area contributed by atoms with E-state index in [1.165, 1.54) is 0 Å². The van der Waals surface area contributed by atoms with E-state index in [2.05, 4.69) is 20.8 Å². The van der Waals surface area contributed by atoms with Gasteiger partial charge in [-0.2, -0.15) is 0 Å². The van der Waals surface area contributed by atoms with Crippen LogP contribution in [0.15, 0.2) is 28.7 Å². The van der Waals surface area contributed by atoms with Crippen molar-refractivity contribution in [1.82, 2.24) is 0 Å². The smallest absolute Gasteiger partial charge is 0.326 e. The minimum atomic E-state index is -0.694. The number of nitrogens with zero attached hydrogens (tertiary/aromatic N) is 1. The highest BCUT2D eigenvalue weighted by Crippen LogP contribution is 2.49. The molecule has 3 aliphatic rings. The maximum absolute atomic E-state index is 11.3. The summed E-state index contributed by atoms with van der Waals surface area (Å²) in [5, 5.41) is 9.28. The fourth-order valence-corrected chi connectivity index (χ4v) is 3.39.